The fourth-order valence-electron chi connectivity index (χ4n) is 4.18. The lowest BCUT2D eigenvalue weighted by Gasteiger charge is -2.29. The number of rotatable bonds is 6. The van der Waals surface area contributed by atoms with Gasteiger partial charge in [0.15, 0.2) is 16.6 Å². The van der Waals surface area contributed by atoms with Crippen molar-refractivity contribution in [3.05, 3.63) is 106 Å². The maximum absolute atomic E-state index is 13.4. The molecule has 4 aromatic rings. The number of carbonyl (C=O) groups is 2. The number of nitrogens with zero attached hydrogens (tertiary/aromatic N) is 1. The Morgan fingerprint density at radius 3 is 2.53 bits per heavy atom. The predicted molar refractivity (Wildman–Crippen MR) is 154 cm³/mol. The first-order chi connectivity index (χ1) is 18.4. The van der Waals surface area contributed by atoms with Crippen molar-refractivity contribution in [3.8, 4) is 11.5 Å². The number of anilines is 1. The summed E-state index contributed by atoms with van der Waals surface area (Å²) >= 11 is 17.7. The van der Waals surface area contributed by atoms with Gasteiger partial charge in [-0.15, -0.1) is 0 Å². The highest BCUT2D eigenvalue weighted by Gasteiger charge is 2.35. The van der Waals surface area contributed by atoms with Gasteiger partial charge < -0.3 is 9.47 Å². The third-order valence-electron chi connectivity index (χ3n) is 6.04. The van der Waals surface area contributed by atoms with Crippen molar-refractivity contribution in [3.63, 3.8) is 0 Å². The molecule has 1 saturated heterocycles. The second-order valence-corrected chi connectivity index (χ2v) is 9.54. The quantitative estimate of drug-likeness (QED) is 0.163. The molecule has 0 atom stereocenters. The minimum Gasteiger partial charge on any atom is -0.493 e. The lowest BCUT2D eigenvalue weighted by molar-refractivity contribution is -0.122. The van der Waals surface area contributed by atoms with Crippen molar-refractivity contribution in [2.45, 2.75) is 6.61 Å². The largest absolute Gasteiger partial charge is 0.493 e. The number of halogens is 2. The first-order valence-corrected chi connectivity index (χ1v) is 12.7. The van der Waals surface area contributed by atoms with Crippen LogP contribution in [0.4, 0.5) is 5.69 Å². The van der Waals surface area contributed by atoms with Gasteiger partial charge in [0.1, 0.15) is 12.2 Å². The van der Waals surface area contributed by atoms with Crippen molar-refractivity contribution >= 4 is 74.9 Å². The van der Waals surface area contributed by atoms with Gasteiger partial charge >= 0.3 is 0 Å². The van der Waals surface area contributed by atoms with Crippen LogP contribution in [0.15, 0.2) is 84.4 Å². The van der Waals surface area contributed by atoms with Gasteiger partial charge in [0.05, 0.1) is 22.8 Å². The van der Waals surface area contributed by atoms with Gasteiger partial charge in [-0.3, -0.25) is 19.8 Å². The van der Waals surface area contributed by atoms with E-state index in [0.717, 1.165) is 21.2 Å². The van der Waals surface area contributed by atoms with Crippen LogP contribution in [0, 0.1) is 0 Å². The predicted octanol–water partition coefficient (Wildman–Crippen LogP) is 6.57. The summed E-state index contributed by atoms with van der Waals surface area (Å²) in [6, 6.07) is 24.1. The molecule has 0 spiro atoms. The van der Waals surface area contributed by atoms with E-state index in [1.807, 2.05) is 24.3 Å². The number of ether oxygens (including phenoxy) is 2. The van der Waals surface area contributed by atoms with E-state index in [1.165, 1.54) is 13.2 Å². The fraction of sp³-hybridized carbons (Fsp3) is 0.0690. The van der Waals surface area contributed by atoms with Crippen LogP contribution in [-0.2, 0) is 16.2 Å². The van der Waals surface area contributed by atoms with Crippen LogP contribution >= 0.6 is 35.4 Å². The number of hydrogen-bond acceptors (Lipinski definition) is 5. The Labute approximate surface area is 234 Å². The van der Waals surface area contributed by atoms with Crippen LogP contribution in [-0.4, -0.2) is 24.0 Å². The number of methoxy groups -OCH3 is 1. The topological polar surface area (TPSA) is 67.9 Å². The molecule has 190 valence electrons. The molecule has 0 radical (unpaired) electrons. The summed E-state index contributed by atoms with van der Waals surface area (Å²) in [5.41, 5.74) is 1.75. The Kier molecular flexibility index (Phi) is 7.33. The molecule has 1 aliphatic heterocycles. The summed E-state index contributed by atoms with van der Waals surface area (Å²) in [5.74, 6) is -0.271. The molecule has 9 heteroatoms. The molecule has 4 aromatic carbocycles. The normalized spacial score (nSPS) is 14.7. The number of benzene rings is 4. The van der Waals surface area contributed by atoms with Crippen molar-refractivity contribution in [2.75, 3.05) is 12.0 Å². The first-order valence-electron chi connectivity index (χ1n) is 11.5. The molecule has 6 nitrogen and oxygen atoms in total. The van der Waals surface area contributed by atoms with E-state index in [2.05, 4.69) is 23.5 Å². The number of amides is 2. The molecule has 0 saturated carbocycles. The summed E-state index contributed by atoms with van der Waals surface area (Å²) in [6.45, 7) is 0.339. The highest BCUT2D eigenvalue weighted by Crippen LogP contribution is 2.35. The number of carbonyl (C=O) groups excluding carboxylic acids is 2. The van der Waals surface area contributed by atoms with Crippen LogP contribution in [0.2, 0.25) is 10.0 Å². The smallest absolute Gasteiger partial charge is 0.270 e. The summed E-state index contributed by atoms with van der Waals surface area (Å²) in [6.07, 6.45) is 1.46. The van der Waals surface area contributed by atoms with Crippen molar-refractivity contribution in [1.29, 1.82) is 0 Å². The SMILES string of the molecule is COc1cc(/C=C2\C(=O)NC(=S)N(c3cccc(Cl)c3Cl)C2=O)ccc1OCc1cccc2ccccc12. The van der Waals surface area contributed by atoms with E-state index in [1.54, 1.807) is 36.4 Å². The molecule has 1 fully saturated rings. The second kappa shape index (κ2) is 10.8. The Bertz CT molecular complexity index is 1630. The van der Waals surface area contributed by atoms with Gasteiger partial charge in [0.2, 0.25) is 0 Å². The van der Waals surface area contributed by atoms with Crippen LogP contribution in [0.5, 0.6) is 11.5 Å². The summed E-state index contributed by atoms with van der Waals surface area (Å²) in [4.78, 5) is 27.2. The van der Waals surface area contributed by atoms with Crippen molar-refractivity contribution in [1.82, 2.24) is 5.32 Å². The molecule has 0 aliphatic carbocycles. The van der Waals surface area contributed by atoms with Gasteiger partial charge in [-0.25, -0.2) is 0 Å². The molecule has 1 aliphatic rings. The highest BCUT2D eigenvalue weighted by molar-refractivity contribution is 7.80. The zero-order valence-corrected chi connectivity index (χ0v) is 22.4. The zero-order valence-electron chi connectivity index (χ0n) is 20.0. The third-order valence-corrected chi connectivity index (χ3v) is 7.13. The van der Waals surface area contributed by atoms with Gasteiger partial charge in [-0.2, -0.15) is 0 Å². The number of nitrogens with one attached hydrogen (secondary N) is 1. The van der Waals surface area contributed by atoms with Crippen LogP contribution < -0.4 is 19.7 Å². The minimum atomic E-state index is -0.627. The Morgan fingerprint density at radius 2 is 1.71 bits per heavy atom. The molecule has 1 heterocycles. The minimum absolute atomic E-state index is 0.0870. The van der Waals surface area contributed by atoms with E-state index >= 15 is 0 Å². The van der Waals surface area contributed by atoms with Gasteiger partial charge in [-0.05, 0) is 64.5 Å². The Morgan fingerprint density at radius 1 is 0.947 bits per heavy atom. The number of thiocarbonyl (C=S) groups is 1. The molecular formula is C29H20Cl2N2O4S. The van der Waals surface area contributed by atoms with E-state index in [4.69, 9.17) is 44.9 Å². The lowest BCUT2D eigenvalue weighted by atomic mass is 10.1. The third kappa shape index (κ3) is 4.96. The molecule has 1 N–H and O–H groups in total. The first kappa shape index (κ1) is 25.7. The summed E-state index contributed by atoms with van der Waals surface area (Å²) < 4.78 is 11.6. The summed E-state index contributed by atoms with van der Waals surface area (Å²) in [7, 11) is 1.52. The average molecular weight is 563 g/mol. The van der Waals surface area contributed by atoms with Crippen molar-refractivity contribution in [2.24, 2.45) is 0 Å². The monoisotopic (exact) mass is 562 g/mol. The molecule has 0 aromatic heterocycles. The van der Waals surface area contributed by atoms with E-state index in [0.29, 0.717) is 23.7 Å². The van der Waals surface area contributed by atoms with E-state index < -0.39 is 11.8 Å². The maximum atomic E-state index is 13.4. The standard InChI is InChI=1S/C29H20Cl2N2O4S/c1-36-25-15-17(12-13-24(25)37-16-19-8-4-7-18-6-2-3-9-20(18)19)14-21-27(34)32-29(38)33(28(21)35)23-11-5-10-22(30)26(23)31/h2-15H,16H2,1H3,(H,32,34,38)/b21-14+. The van der Waals surface area contributed by atoms with Crippen LogP contribution in [0.3, 0.4) is 0 Å². The maximum Gasteiger partial charge on any atom is 0.270 e. The van der Waals surface area contributed by atoms with Crippen LogP contribution in [0.1, 0.15) is 11.1 Å². The number of fused-ring (bicyclic) bond motifs is 1. The zero-order chi connectivity index (χ0) is 26.8. The van der Waals surface area contributed by atoms with E-state index in [-0.39, 0.29) is 26.4 Å². The number of hydrogen-bond donors (Lipinski definition) is 1. The average Bonchev–Trinajstić information content (AvgIpc) is 2.92. The molecule has 38 heavy (non-hydrogen) atoms. The molecule has 5 rings (SSSR count). The van der Waals surface area contributed by atoms with Gasteiger partial charge in [0, 0.05) is 0 Å². The van der Waals surface area contributed by atoms with Gasteiger partial charge in [-0.1, -0.05) is 77.8 Å². The second-order valence-electron chi connectivity index (χ2n) is 8.37. The Hall–Kier alpha value is -3.91. The fourth-order valence-corrected chi connectivity index (χ4v) is 4.83. The van der Waals surface area contributed by atoms with E-state index in [9.17, 15) is 9.59 Å². The van der Waals surface area contributed by atoms with Gasteiger partial charge in [0.25, 0.3) is 11.8 Å². The Balaban J connectivity index is 1.42. The van der Waals surface area contributed by atoms with Crippen LogP contribution in [0.25, 0.3) is 16.8 Å². The molecule has 0 unspecified atom stereocenters. The molecular weight excluding hydrogens is 543 g/mol. The molecule has 2 amide bonds. The highest BCUT2D eigenvalue weighted by atomic mass is 35.5. The summed E-state index contributed by atoms with van der Waals surface area (Å²) in [5, 5.41) is 5.10. The molecule has 0 bridgehead atoms. The van der Waals surface area contributed by atoms with Crippen molar-refractivity contribution < 1.29 is 19.1 Å². The lowest BCUT2D eigenvalue weighted by Crippen LogP contribution is -2.54.